The summed E-state index contributed by atoms with van der Waals surface area (Å²) in [5.41, 5.74) is 5.13. The van der Waals surface area contributed by atoms with Crippen molar-refractivity contribution in [1.82, 2.24) is 15.6 Å². The largest absolute Gasteiger partial charge is 0.379 e. The van der Waals surface area contributed by atoms with E-state index in [0.717, 1.165) is 51.4 Å². The number of morpholine rings is 1. The van der Waals surface area contributed by atoms with Gasteiger partial charge in [0.1, 0.15) is 0 Å². The first-order chi connectivity index (χ1) is 10.7. The van der Waals surface area contributed by atoms with Gasteiger partial charge in [-0.1, -0.05) is 29.8 Å². The predicted octanol–water partition coefficient (Wildman–Crippen LogP) is 1.52. The normalized spacial score (nSPS) is 15.9. The van der Waals surface area contributed by atoms with E-state index in [0.29, 0.717) is 5.11 Å². The van der Waals surface area contributed by atoms with Crippen molar-refractivity contribution in [3.05, 3.63) is 35.4 Å². The molecule has 22 heavy (non-hydrogen) atoms. The number of thiocarbonyl (C=S) groups is 1. The highest BCUT2D eigenvalue weighted by atomic mass is 32.1. The van der Waals surface area contributed by atoms with Gasteiger partial charge in [-0.3, -0.25) is 10.3 Å². The smallest absolute Gasteiger partial charge is 0.186 e. The number of hydrogen-bond donors (Lipinski definition) is 2. The van der Waals surface area contributed by atoms with Crippen molar-refractivity contribution in [3.8, 4) is 0 Å². The van der Waals surface area contributed by atoms with Crippen LogP contribution in [0.15, 0.2) is 29.4 Å². The molecule has 1 aliphatic heterocycles. The fourth-order valence-electron chi connectivity index (χ4n) is 2.19. The van der Waals surface area contributed by atoms with Crippen LogP contribution in [0.2, 0.25) is 0 Å². The fraction of sp³-hybridized carbons (Fsp3) is 0.500. The van der Waals surface area contributed by atoms with Crippen LogP contribution in [0.4, 0.5) is 0 Å². The average molecular weight is 320 g/mol. The van der Waals surface area contributed by atoms with E-state index in [1.165, 1.54) is 5.56 Å². The molecule has 5 nitrogen and oxygen atoms in total. The molecule has 0 unspecified atom stereocenters. The van der Waals surface area contributed by atoms with Crippen molar-refractivity contribution in [3.63, 3.8) is 0 Å². The van der Waals surface area contributed by atoms with E-state index in [9.17, 15) is 0 Å². The Balaban J connectivity index is 1.56. The molecule has 0 radical (unpaired) electrons. The Bertz CT molecular complexity index is 483. The monoisotopic (exact) mass is 320 g/mol. The molecule has 0 amide bonds. The van der Waals surface area contributed by atoms with Crippen molar-refractivity contribution < 1.29 is 4.74 Å². The van der Waals surface area contributed by atoms with Gasteiger partial charge in [-0.15, -0.1) is 0 Å². The third-order valence-electron chi connectivity index (χ3n) is 3.50. The summed E-state index contributed by atoms with van der Waals surface area (Å²) in [6.07, 6.45) is 2.82. The summed E-state index contributed by atoms with van der Waals surface area (Å²) in [6, 6.07) is 8.17. The predicted molar refractivity (Wildman–Crippen MR) is 94.4 cm³/mol. The first-order valence-electron chi connectivity index (χ1n) is 7.68. The minimum atomic E-state index is 0.560. The van der Waals surface area contributed by atoms with E-state index in [-0.39, 0.29) is 0 Å². The summed E-state index contributed by atoms with van der Waals surface area (Å²) in [7, 11) is 0. The second-order valence-corrected chi connectivity index (χ2v) is 5.75. The molecular weight excluding hydrogens is 296 g/mol. The number of benzene rings is 1. The summed E-state index contributed by atoms with van der Waals surface area (Å²) in [5.74, 6) is 0. The molecule has 0 bridgehead atoms. The Hall–Kier alpha value is -1.50. The van der Waals surface area contributed by atoms with Gasteiger partial charge in [0.2, 0.25) is 0 Å². The number of nitrogens with one attached hydrogen (secondary N) is 2. The van der Waals surface area contributed by atoms with Crippen LogP contribution in [-0.4, -0.2) is 55.6 Å². The maximum atomic E-state index is 5.33. The Morgan fingerprint density at radius 2 is 2.05 bits per heavy atom. The highest BCUT2D eigenvalue weighted by molar-refractivity contribution is 7.80. The minimum absolute atomic E-state index is 0.560. The zero-order valence-corrected chi connectivity index (χ0v) is 13.9. The lowest BCUT2D eigenvalue weighted by Crippen LogP contribution is -2.39. The molecule has 1 aliphatic rings. The van der Waals surface area contributed by atoms with Crippen molar-refractivity contribution in [1.29, 1.82) is 0 Å². The molecule has 1 heterocycles. The standard InChI is InChI=1S/C16H24N4OS/c1-14-3-5-15(6-4-14)13-18-19-16(22)17-7-2-8-20-9-11-21-12-10-20/h3-6,13H,2,7-12H2,1H3,(H2,17,19,22)/b18-13+. The van der Waals surface area contributed by atoms with Gasteiger partial charge in [0, 0.05) is 19.6 Å². The molecule has 1 aromatic rings. The fourth-order valence-corrected chi connectivity index (χ4v) is 2.34. The average Bonchev–Trinajstić information content (AvgIpc) is 2.54. The molecule has 2 rings (SSSR count). The van der Waals surface area contributed by atoms with E-state index in [4.69, 9.17) is 17.0 Å². The zero-order valence-electron chi connectivity index (χ0n) is 13.0. The van der Waals surface area contributed by atoms with E-state index in [1.807, 2.05) is 12.1 Å². The second-order valence-electron chi connectivity index (χ2n) is 5.34. The highest BCUT2D eigenvalue weighted by Crippen LogP contribution is 2.00. The lowest BCUT2D eigenvalue weighted by Gasteiger charge is -2.26. The number of hydrogen-bond acceptors (Lipinski definition) is 4. The summed E-state index contributed by atoms with van der Waals surface area (Å²) >= 11 is 5.19. The van der Waals surface area contributed by atoms with Crippen molar-refractivity contribution >= 4 is 23.5 Å². The van der Waals surface area contributed by atoms with Crippen LogP contribution in [0, 0.1) is 6.92 Å². The highest BCUT2D eigenvalue weighted by Gasteiger charge is 2.08. The molecule has 0 aliphatic carbocycles. The first-order valence-corrected chi connectivity index (χ1v) is 8.08. The maximum absolute atomic E-state index is 5.33. The Labute approximate surface area is 137 Å². The SMILES string of the molecule is Cc1ccc(/C=N/NC(=S)NCCCN2CCOCC2)cc1. The lowest BCUT2D eigenvalue weighted by molar-refractivity contribution is 0.0376. The van der Waals surface area contributed by atoms with Crippen LogP contribution in [-0.2, 0) is 4.74 Å². The maximum Gasteiger partial charge on any atom is 0.186 e. The van der Waals surface area contributed by atoms with Crippen LogP contribution in [0.25, 0.3) is 0 Å². The second kappa shape index (κ2) is 9.50. The van der Waals surface area contributed by atoms with Crippen molar-refractivity contribution in [2.75, 3.05) is 39.4 Å². The summed E-state index contributed by atoms with van der Waals surface area (Å²) in [4.78, 5) is 2.41. The Morgan fingerprint density at radius 1 is 1.32 bits per heavy atom. The quantitative estimate of drug-likeness (QED) is 0.360. The van der Waals surface area contributed by atoms with Gasteiger partial charge in [0.05, 0.1) is 19.4 Å². The molecule has 0 atom stereocenters. The van der Waals surface area contributed by atoms with Crippen LogP contribution in [0.5, 0.6) is 0 Å². The van der Waals surface area contributed by atoms with Gasteiger partial charge in [-0.2, -0.15) is 5.10 Å². The van der Waals surface area contributed by atoms with Gasteiger partial charge in [-0.05, 0) is 37.7 Å². The van der Waals surface area contributed by atoms with Gasteiger partial charge in [-0.25, -0.2) is 0 Å². The van der Waals surface area contributed by atoms with Gasteiger partial charge >= 0.3 is 0 Å². The van der Waals surface area contributed by atoms with Gasteiger partial charge < -0.3 is 10.1 Å². The van der Waals surface area contributed by atoms with E-state index in [1.54, 1.807) is 6.21 Å². The lowest BCUT2D eigenvalue weighted by atomic mass is 10.2. The molecule has 1 fully saturated rings. The molecule has 1 aromatic carbocycles. The van der Waals surface area contributed by atoms with Crippen LogP contribution < -0.4 is 10.7 Å². The van der Waals surface area contributed by atoms with Crippen molar-refractivity contribution in [2.45, 2.75) is 13.3 Å². The molecule has 1 saturated heterocycles. The molecule has 120 valence electrons. The van der Waals surface area contributed by atoms with E-state index >= 15 is 0 Å². The van der Waals surface area contributed by atoms with E-state index in [2.05, 4.69) is 39.8 Å². The number of nitrogens with zero attached hydrogens (tertiary/aromatic N) is 2. The molecule has 0 saturated carbocycles. The van der Waals surface area contributed by atoms with Gasteiger partial charge in [0.15, 0.2) is 5.11 Å². The Morgan fingerprint density at radius 3 is 2.77 bits per heavy atom. The summed E-state index contributed by atoms with van der Waals surface area (Å²) in [5, 5.41) is 7.86. The minimum Gasteiger partial charge on any atom is -0.379 e. The number of ether oxygens (including phenoxy) is 1. The molecular formula is C16H24N4OS. The number of rotatable bonds is 6. The molecule has 0 spiro atoms. The Kier molecular flexibility index (Phi) is 7.28. The first kappa shape index (κ1) is 16.9. The number of hydrazone groups is 1. The summed E-state index contributed by atoms with van der Waals surface area (Å²) in [6.45, 7) is 7.75. The third kappa shape index (κ3) is 6.51. The van der Waals surface area contributed by atoms with Crippen LogP contribution in [0.3, 0.4) is 0 Å². The topological polar surface area (TPSA) is 48.9 Å². The molecule has 6 heteroatoms. The van der Waals surface area contributed by atoms with E-state index < -0.39 is 0 Å². The van der Waals surface area contributed by atoms with Crippen LogP contribution >= 0.6 is 12.2 Å². The molecule has 2 N–H and O–H groups in total. The summed E-state index contributed by atoms with van der Waals surface area (Å²) < 4.78 is 5.33. The third-order valence-corrected chi connectivity index (χ3v) is 3.73. The van der Waals surface area contributed by atoms with Crippen LogP contribution in [0.1, 0.15) is 17.5 Å². The zero-order chi connectivity index (χ0) is 15.6. The number of aryl methyl sites for hydroxylation is 1. The van der Waals surface area contributed by atoms with Gasteiger partial charge in [0.25, 0.3) is 0 Å². The van der Waals surface area contributed by atoms with Crippen molar-refractivity contribution in [2.24, 2.45) is 5.10 Å². The molecule has 0 aromatic heterocycles.